The average Bonchev–Trinajstić information content (AvgIpc) is 2.34. The molecule has 6 nitrogen and oxygen atoms in total. The molecule has 0 atom stereocenters. The molecule has 0 heterocycles. The molecule has 92 valence electrons. The number of carbonyl (C=O) groups is 1. The molecule has 0 unspecified atom stereocenters. The lowest BCUT2D eigenvalue weighted by Gasteiger charge is -2.10. The van der Waals surface area contributed by atoms with Crippen molar-refractivity contribution in [2.24, 2.45) is 0 Å². The Morgan fingerprint density at radius 2 is 2.22 bits per heavy atom. The second-order valence-corrected chi connectivity index (χ2v) is 4.37. The van der Waals surface area contributed by atoms with Crippen molar-refractivity contribution < 1.29 is 9.53 Å². The van der Waals surface area contributed by atoms with Gasteiger partial charge < -0.3 is 15.8 Å². The molecule has 1 aromatic rings. The number of benzene rings is 1. The van der Waals surface area contributed by atoms with E-state index in [1.54, 1.807) is 12.1 Å². The number of anilines is 1. The standard InChI is InChI=1S/C11H9IN4O2/c12-8-3-7(5-14)4-9(15)11(8)18-6-10(17)16-2-1-13/h3-4H,2,6,15H2,(H,16,17). The molecule has 0 spiro atoms. The first-order chi connectivity index (χ1) is 8.58. The van der Waals surface area contributed by atoms with Crippen LogP contribution in [0.2, 0.25) is 0 Å². The molecule has 18 heavy (non-hydrogen) atoms. The number of hydrogen-bond donors (Lipinski definition) is 2. The lowest BCUT2D eigenvalue weighted by molar-refractivity contribution is -0.122. The zero-order valence-electron chi connectivity index (χ0n) is 9.24. The number of rotatable bonds is 4. The van der Waals surface area contributed by atoms with Gasteiger partial charge in [-0.1, -0.05) is 0 Å². The topological polar surface area (TPSA) is 112 Å². The summed E-state index contributed by atoms with van der Waals surface area (Å²) < 4.78 is 5.91. The van der Waals surface area contributed by atoms with Crippen molar-refractivity contribution in [1.82, 2.24) is 5.32 Å². The van der Waals surface area contributed by atoms with Crippen LogP contribution in [0.15, 0.2) is 12.1 Å². The van der Waals surface area contributed by atoms with Crippen LogP contribution in [0.5, 0.6) is 5.75 Å². The summed E-state index contributed by atoms with van der Waals surface area (Å²) in [6, 6.07) is 6.85. The fraction of sp³-hybridized carbons (Fsp3) is 0.182. The van der Waals surface area contributed by atoms with Crippen molar-refractivity contribution in [3.63, 3.8) is 0 Å². The van der Waals surface area contributed by atoms with Crippen LogP contribution in [0.1, 0.15) is 5.56 Å². The van der Waals surface area contributed by atoms with Gasteiger partial charge in [-0.15, -0.1) is 0 Å². The number of ether oxygens (including phenoxy) is 1. The lowest BCUT2D eigenvalue weighted by atomic mass is 10.2. The molecule has 3 N–H and O–H groups in total. The fourth-order valence-electron chi connectivity index (χ4n) is 1.16. The number of carbonyl (C=O) groups excluding carboxylic acids is 1. The van der Waals surface area contributed by atoms with E-state index >= 15 is 0 Å². The third kappa shape index (κ3) is 3.79. The minimum atomic E-state index is -0.406. The van der Waals surface area contributed by atoms with Crippen molar-refractivity contribution in [2.45, 2.75) is 0 Å². The maximum absolute atomic E-state index is 11.2. The van der Waals surface area contributed by atoms with E-state index in [0.717, 1.165) is 0 Å². The summed E-state index contributed by atoms with van der Waals surface area (Å²) in [5.74, 6) is -0.0437. The number of nitrogens with two attached hydrogens (primary N) is 1. The Balaban J connectivity index is 2.72. The van der Waals surface area contributed by atoms with Gasteiger partial charge in [0.15, 0.2) is 12.4 Å². The molecule has 1 amide bonds. The number of amides is 1. The minimum Gasteiger partial charge on any atom is -0.480 e. The van der Waals surface area contributed by atoms with Gasteiger partial charge in [-0.2, -0.15) is 10.5 Å². The number of nitriles is 2. The van der Waals surface area contributed by atoms with Crippen molar-refractivity contribution in [3.05, 3.63) is 21.3 Å². The quantitative estimate of drug-likeness (QED) is 0.470. The predicted octanol–water partition coefficient (Wildman–Crippen LogP) is 0.764. The first-order valence-corrected chi connectivity index (χ1v) is 5.92. The highest BCUT2D eigenvalue weighted by atomic mass is 127. The van der Waals surface area contributed by atoms with E-state index in [2.05, 4.69) is 5.32 Å². The second kappa shape index (κ2) is 6.67. The van der Waals surface area contributed by atoms with Gasteiger partial charge in [0.2, 0.25) is 0 Å². The van der Waals surface area contributed by atoms with Crippen LogP contribution in [0.4, 0.5) is 5.69 Å². The molecular formula is C11H9IN4O2. The van der Waals surface area contributed by atoms with Gasteiger partial charge in [0.1, 0.15) is 6.54 Å². The number of nitrogens with zero attached hydrogens (tertiary/aromatic N) is 2. The molecular weight excluding hydrogens is 347 g/mol. The van der Waals surface area contributed by atoms with Crippen molar-refractivity contribution in [1.29, 1.82) is 10.5 Å². The molecule has 0 aliphatic heterocycles. The molecule has 1 rings (SSSR count). The molecule has 0 fully saturated rings. The van der Waals surface area contributed by atoms with Crippen LogP contribution in [0.25, 0.3) is 0 Å². The summed E-state index contributed by atoms with van der Waals surface area (Å²) in [7, 11) is 0. The van der Waals surface area contributed by atoms with Crippen LogP contribution in [-0.4, -0.2) is 19.1 Å². The summed E-state index contributed by atoms with van der Waals surface area (Å²) in [6.45, 7) is -0.296. The van der Waals surface area contributed by atoms with Crippen LogP contribution in [0, 0.1) is 26.2 Å². The molecule has 7 heteroatoms. The van der Waals surface area contributed by atoms with E-state index in [9.17, 15) is 4.79 Å². The minimum absolute atomic E-state index is 0.0673. The number of halogens is 1. The Labute approximate surface area is 117 Å². The first-order valence-electron chi connectivity index (χ1n) is 4.84. The van der Waals surface area contributed by atoms with Crippen molar-refractivity contribution in [3.8, 4) is 17.9 Å². The monoisotopic (exact) mass is 356 g/mol. The SMILES string of the molecule is N#CCNC(=O)COc1c(N)cc(C#N)cc1I. The largest absolute Gasteiger partial charge is 0.480 e. The molecule has 0 saturated carbocycles. The van der Waals surface area contributed by atoms with Gasteiger partial charge >= 0.3 is 0 Å². The van der Waals surface area contributed by atoms with Gasteiger partial charge in [-0.25, -0.2) is 0 Å². The summed E-state index contributed by atoms with van der Waals surface area (Å²) in [5.41, 5.74) is 6.45. The zero-order valence-corrected chi connectivity index (χ0v) is 11.4. The number of nitrogens with one attached hydrogen (secondary N) is 1. The summed E-state index contributed by atoms with van der Waals surface area (Å²) >= 11 is 1.97. The molecule has 0 aromatic heterocycles. The molecule has 1 aromatic carbocycles. The Kier molecular flexibility index (Phi) is 5.21. The molecule has 0 saturated heterocycles. The van der Waals surface area contributed by atoms with Crippen LogP contribution in [-0.2, 0) is 4.79 Å². The van der Waals surface area contributed by atoms with E-state index in [1.807, 2.05) is 28.7 Å². The fourth-order valence-corrected chi connectivity index (χ4v) is 1.96. The third-order valence-electron chi connectivity index (χ3n) is 1.91. The highest BCUT2D eigenvalue weighted by Crippen LogP contribution is 2.29. The Hall–Kier alpha value is -2.00. The number of nitrogen functional groups attached to an aromatic ring is 1. The lowest BCUT2D eigenvalue weighted by Crippen LogP contribution is -2.29. The normalized spacial score (nSPS) is 9.06. The van der Waals surface area contributed by atoms with E-state index in [-0.39, 0.29) is 13.2 Å². The Morgan fingerprint density at radius 1 is 1.50 bits per heavy atom. The van der Waals surface area contributed by atoms with Gasteiger partial charge in [0, 0.05) is 0 Å². The van der Waals surface area contributed by atoms with E-state index in [4.69, 9.17) is 21.0 Å². The van der Waals surface area contributed by atoms with Gasteiger partial charge in [0.25, 0.3) is 5.91 Å². The maximum Gasteiger partial charge on any atom is 0.258 e. The number of hydrogen-bond acceptors (Lipinski definition) is 5. The van der Waals surface area contributed by atoms with Gasteiger partial charge in [-0.3, -0.25) is 4.79 Å². The Bertz CT molecular complexity index is 522. The predicted molar refractivity (Wildman–Crippen MR) is 72.4 cm³/mol. The van der Waals surface area contributed by atoms with Crippen molar-refractivity contribution in [2.75, 3.05) is 18.9 Å². The van der Waals surface area contributed by atoms with Gasteiger partial charge in [0.05, 0.1) is 27.0 Å². The smallest absolute Gasteiger partial charge is 0.258 e. The maximum atomic E-state index is 11.2. The first kappa shape index (κ1) is 14.1. The van der Waals surface area contributed by atoms with Crippen molar-refractivity contribution >= 4 is 34.2 Å². The molecule has 0 aliphatic rings. The Morgan fingerprint density at radius 3 is 2.78 bits per heavy atom. The van der Waals surface area contributed by atoms with E-state index in [0.29, 0.717) is 20.6 Å². The van der Waals surface area contributed by atoms with Crippen LogP contribution < -0.4 is 15.8 Å². The second-order valence-electron chi connectivity index (χ2n) is 3.21. The van der Waals surface area contributed by atoms with E-state index < -0.39 is 5.91 Å². The summed E-state index contributed by atoms with van der Waals surface area (Å²) in [4.78, 5) is 11.2. The molecule has 0 bridgehead atoms. The zero-order chi connectivity index (χ0) is 13.5. The van der Waals surface area contributed by atoms with Gasteiger partial charge in [-0.05, 0) is 34.7 Å². The summed E-state index contributed by atoms with van der Waals surface area (Å²) in [5, 5.41) is 19.4. The van der Waals surface area contributed by atoms with E-state index in [1.165, 1.54) is 6.07 Å². The highest BCUT2D eigenvalue weighted by molar-refractivity contribution is 14.1. The highest BCUT2D eigenvalue weighted by Gasteiger charge is 2.10. The third-order valence-corrected chi connectivity index (χ3v) is 2.71. The summed E-state index contributed by atoms with van der Waals surface area (Å²) in [6.07, 6.45) is 0. The van der Waals surface area contributed by atoms with Crippen LogP contribution in [0.3, 0.4) is 0 Å². The average molecular weight is 356 g/mol. The molecule has 0 aliphatic carbocycles. The van der Waals surface area contributed by atoms with Crippen LogP contribution >= 0.6 is 22.6 Å². The molecule has 0 radical (unpaired) electrons.